The van der Waals surface area contributed by atoms with Gasteiger partial charge in [-0.15, -0.1) is 0 Å². The molecule has 4 fully saturated rings. The maximum Gasteiger partial charge on any atom is 0.336 e. The molecule has 0 unspecified atom stereocenters. The standard InChI is InChI=1S/C37H52N4O5/c1-35-15-11-27(42)21-25(35)10-14-36(2)30-8-9-32(37(30,3)16-12-31(35)36)40-45-23-33(43)39-17-13-24-20-34(44)46-29-22-26(6-7-28(24)29)38-18-19-41(4)5/h6-7,20,22,25,30-31,38H,8-19,21,23H2,1-5H3,(H,39,43)/b40-32-/t25-,30-,31+,35-,36-,37-/m0/s1. The lowest BCUT2D eigenvalue weighted by Crippen LogP contribution is -2.58. The average molecular weight is 633 g/mol. The zero-order valence-corrected chi connectivity index (χ0v) is 28.4. The monoisotopic (exact) mass is 632 g/mol. The van der Waals surface area contributed by atoms with Gasteiger partial charge in [-0.2, -0.15) is 0 Å². The van der Waals surface area contributed by atoms with Crippen molar-refractivity contribution in [3.63, 3.8) is 0 Å². The van der Waals surface area contributed by atoms with Crippen LogP contribution in [0.25, 0.3) is 11.0 Å². The van der Waals surface area contributed by atoms with Crippen molar-refractivity contribution in [2.45, 2.75) is 85.0 Å². The lowest BCUT2D eigenvalue weighted by Gasteiger charge is -2.64. The number of nitrogens with zero attached hydrogens (tertiary/aromatic N) is 2. The number of fused-ring (bicyclic) bond motifs is 6. The number of carbonyl (C=O) groups is 2. The van der Waals surface area contributed by atoms with Crippen LogP contribution in [0.3, 0.4) is 0 Å². The predicted molar refractivity (Wildman–Crippen MR) is 181 cm³/mol. The molecule has 0 bridgehead atoms. The molecule has 9 nitrogen and oxygen atoms in total. The summed E-state index contributed by atoms with van der Waals surface area (Å²) in [6, 6.07) is 7.30. The maximum atomic E-state index is 12.7. The third-order valence-electron chi connectivity index (χ3n) is 12.6. The Bertz CT molecular complexity index is 1570. The van der Waals surface area contributed by atoms with Crippen molar-refractivity contribution in [3.05, 3.63) is 40.2 Å². The summed E-state index contributed by atoms with van der Waals surface area (Å²) >= 11 is 0. The van der Waals surface area contributed by atoms with Crippen molar-refractivity contribution >= 4 is 34.1 Å². The van der Waals surface area contributed by atoms with Crippen LogP contribution >= 0.6 is 0 Å². The number of nitrogens with one attached hydrogen (secondary N) is 2. The lowest BCUT2D eigenvalue weighted by atomic mass is 9.40. The minimum absolute atomic E-state index is 0.00734. The topological polar surface area (TPSA) is 113 Å². The summed E-state index contributed by atoms with van der Waals surface area (Å²) in [6.07, 6.45) is 9.72. The second-order valence-electron chi connectivity index (χ2n) is 15.5. The second-order valence-corrected chi connectivity index (χ2v) is 15.5. The Morgan fingerprint density at radius 2 is 1.83 bits per heavy atom. The Hall–Kier alpha value is -3.20. The van der Waals surface area contributed by atoms with Gasteiger partial charge in [-0.3, -0.25) is 9.59 Å². The number of amides is 1. The molecule has 9 heteroatoms. The van der Waals surface area contributed by atoms with Crippen LogP contribution in [0, 0.1) is 34.0 Å². The van der Waals surface area contributed by atoms with Gasteiger partial charge in [0.25, 0.3) is 5.91 Å². The quantitative estimate of drug-likeness (QED) is 0.252. The number of rotatable bonds is 10. The fourth-order valence-corrected chi connectivity index (χ4v) is 10.2. The van der Waals surface area contributed by atoms with Crippen molar-refractivity contribution in [1.82, 2.24) is 10.2 Å². The first-order valence-electron chi connectivity index (χ1n) is 17.4. The molecule has 1 amide bonds. The summed E-state index contributed by atoms with van der Waals surface area (Å²) in [4.78, 5) is 45.0. The number of hydrogen-bond acceptors (Lipinski definition) is 8. The van der Waals surface area contributed by atoms with E-state index in [1.54, 1.807) is 0 Å². The van der Waals surface area contributed by atoms with Gasteiger partial charge >= 0.3 is 5.63 Å². The van der Waals surface area contributed by atoms with Gasteiger partial charge < -0.3 is 24.8 Å². The van der Waals surface area contributed by atoms with E-state index in [9.17, 15) is 14.4 Å². The Kier molecular flexibility index (Phi) is 9.09. The largest absolute Gasteiger partial charge is 0.423 e. The molecule has 250 valence electrons. The predicted octanol–water partition coefficient (Wildman–Crippen LogP) is 5.80. The fourth-order valence-electron chi connectivity index (χ4n) is 10.2. The molecular formula is C37H52N4O5. The number of carbonyl (C=O) groups excluding carboxylic acids is 2. The van der Waals surface area contributed by atoms with Crippen LogP contribution in [0.2, 0.25) is 0 Å². The Morgan fingerprint density at radius 3 is 2.63 bits per heavy atom. The molecule has 2 N–H and O–H groups in total. The highest BCUT2D eigenvalue weighted by Crippen LogP contribution is 2.70. The fraction of sp³-hybridized carbons (Fsp3) is 0.676. The molecule has 4 aliphatic carbocycles. The average Bonchev–Trinajstić information content (AvgIpc) is 3.34. The SMILES string of the molecule is CN(C)CCNc1ccc2c(CCNC(=O)CO/N=C3/CC[C@H]4[C@]5(C)CC[C@H]6CC(=O)CC[C@]6(C)[C@H]5CC[C@]34C)cc(=O)oc2c1. The Balaban J connectivity index is 1.02. The highest BCUT2D eigenvalue weighted by molar-refractivity contribution is 5.92. The minimum Gasteiger partial charge on any atom is -0.423 e. The van der Waals surface area contributed by atoms with E-state index in [0.717, 1.165) is 80.4 Å². The molecule has 0 spiro atoms. The van der Waals surface area contributed by atoms with Gasteiger partial charge in [0.1, 0.15) is 11.4 Å². The van der Waals surface area contributed by atoms with Crippen LogP contribution in [0.4, 0.5) is 5.69 Å². The molecule has 4 aliphatic rings. The summed E-state index contributed by atoms with van der Waals surface area (Å²) in [5, 5.41) is 11.7. The molecule has 0 saturated heterocycles. The third-order valence-corrected chi connectivity index (χ3v) is 12.6. The smallest absolute Gasteiger partial charge is 0.336 e. The zero-order chi connectivity index (χ0) is 32.7. The first kappa shape index (κ1) is 32.7. The van der Waals surface area contributed by atoms with E-state index in [0.29, 0.717) is 42.1 Å². The number of ketones is 1. The molecule has 6 atom stereocenters. The molecule has 1 aromatic heterocycles. The number of Topliss-reactive ketones (excluding diaryl/α,β-unsaturated/α-hetero) is 1. The molecule has 6 rings (SSSR count). The highest BCUT2D eigenvalue weighted by atomic mass is 16.6. The van der Waals surface area contributed by atoms with E-state index < -0.39 is 5.63 Å². The first-order chi connectivity index (χ1) is 21.9. The van der Waals surface area contributed by atoms with Gasteiger partial charge in [-0.25, -0.2) is 4.79 Å². The van der Waals surface area contributed by atoms with E-state index in [1.165, 1.54) is 18.9 Å². The summed E-state index contributed by atoms with van der Waals surface area (Å²) in [5.74, 6) is 1.97. The van der Waals surface area contributed by atoms with Crippen molar-refractivity contribution in [1.29, 1.82) is 0 Å². The van der Waals surface area contributed by atoms with Gasteiger partial charge in [0.05, 0.1) is 5.71 Å². The Morgan fingerprint density at radius 1 is 1.00 bits per heavy atom. The van der Waals surface area contributed by atoms with E-state index in [2.05, 4.69) is 41.5 Å². The van der Waals surface area contributed by atoms with E-state index >= 15 is 0 Å². The molecule has 1 aromatic carbocycles. The normalized spacial score (nSPS) is 33.0. The first-order valence-corrected chi connectivity index (χ1v) is 17.4. The van der Waals surface area contributed by atoms with Gasteiger partial charge in [0.2, 0.25) is 0 Å². The van der Waals surface area contributed by atoms with E-state index in [1.807, 2.05) is 32.3 Å². The number of anilines is 1. The number of benzene rings is 1. The van der Waals surface area contributed by atoms with E-state index in [-0.39, 0.29) is 28.8 Å². The van der Waals surface area contributed by atoms with Crippen molar-refractivity contribution in [2.75, 3.05) is 45.7 Å². The van der Waals surface area contributed by atoms with Crippen LogP contribution in [-0.2, 0) is 20.8 Å². The van der Waals surface area contributed by atoms with Gasteiger partial charge in [0.15, 0.2) is 6.61 Å². The molecular weight excluding hydrogens is 580 g/mol. The summed E-state index contributed by atoms with van der Waals surface area (Å²) in [6.45, 7) is 9.31. The third kappa shape index (κ3) is 6.12. The molecule has 0 radical (unpaired) electrons. The highest BCUT2D eigenvalue weighted by Gasteiger charge is 2.64. The summed E-state index contributed by atoms with van der Waals surface area (Å²) < 4.78 is 5.47. The molecule has 4 saturated carbocycles. The second kappa shape index (κ2) is 12.8. The van der Waals surface area contributed by atoms with Crippen molar-refractivity contribution < 1.29 is 18.8 Å². The van der Waals surface area contributed by atoms with Crippen molar-refractivity contribution in [2.24, 2.45) is 39.2 Å². The number of likely N-dealkylation sites (N-methyl/N-ethyl adjacent to an activating group) is 1. The van der Waals surface area contributed by atoms with Crippen LogP contribution in [0.1, 0.15) is 84.1 Å². The molecule has 2 aromatic rings. The van der Waals surface area contributed by atoms with Crippen molar-refractivity contribution in [3.8, 4) is 0 Å². The molecule has 1 heterocycles. The minimum atomic E-state index is -0.402. The van der Waals surface area contributed by atoms with Gasteiger partial charge in [0, 0.05) is 61.1 Å². The maximum absolute atomic E-state index is 12.7. The number of hydrogen-bond donors (Lipinski definition) is 2. The number of oxime groups is 1. The lowest BCUT2D eigenvalue weighted by molar-refractivity contribution is -0.158. The summed E-state index contributed by atoms with van der Waals surface area (Å²) in [5.41, 5.74) is 3.47. The van der Waals surface area contributed by atoms with Crippen LogP contribution < -0.4 is 16.3 Å². The van der Waals surface area contributed by atoms with Crippen LogP contribution in [0.15, 0.2) is 38.6 Å². The molecule has 46 heavy (non-hydrogen) atoms. The van der Waals surface area contributed by atoms with Crippen LogP contribution in [0.5, 0.6) is 0 Å². The molecule has 0 aliphatic heterocycles. The zero-order valence-electron chi connectivity index (χ0n) is 28.4. The van der Waals surface area contributed by atoms with Gasteiger partial charge in [-0.1, -0.05) is 25.9 Å². The van der Waals surface area contributed by atoms with Crippen LogP contribution in [-0.4, -0.2) is 62.6 Å². The summed E-state index contributed by atoms with van der Waals surface area (Å²) in [7, 11) is 4.05. The Labute approximate surface area is 272 Å². The van der Waals surface area contributed by atoms with E-state index in [4.69, 9.17) is 9.25 Å². The van der Waals surface area contributed by atoms with Gasteiger partial charge in [-0.05, 0) is 112 Å².